The van der Waals surface area contributed by atoms with E-state index < -0.39 is 0 Å². The average molecular weight is 366 g/mol. The van der Waals surface area contributed by atoms with Crippen LogP contribution in [0, 0.1) is 0 Å². The summed E-state index contributed by atoms with van der Waals surface area (Å²) in [5, 5.41) is 4.07. The standard InChI is InChI=1S/C19H18N4O4/c1-4-23-15-8-5-11(9-14(15)20-19(23)24)17-21-18(27-22-17)13-7-6-12(25-2)10-16(13)26-3/h5-10H,4H2,1-3H3,(H,20,24). The Balaban J connectivity index is 1.75. The molecule has 0 unspecified atom stereocenters. The highest BCUT2D eigenvalue weighted by Gasteiger charge is 2.16. The van der Waals surface area contributed by atoms with E-state index in [4.69, 9.17) is 14.0 Å². The van der Waals surface area contributed by atoms with Crippen molar-refractivity contribution in [3.63, 3.8) is 0 Å². The van der Waals surface area contributed by atoms with Crippen LogP contribution in [-0.2, 0) is 6.54 Å². The van der Waals surface area contributed by atoms with Crippen molar-refractivity contribution in [1.29, 1.82) is 0 Å². The number of H-pyrrole nitrogens is 1. The third kappa shape index (κ3) is 2.84. The molecule has 0 bridgehead atoms. The highest BCUT2D eigenvalue weighted by Crippen LogP contribution is 2.33. The zero-order valence-electron chi connectivity index (χ0n) is 15.1. The second-order valence-electron chi connectivity index (χ2n) is 5.90. The van der Waals surface area contributed by atoms with Crippen molar-refractivity contribution < 1.29 is 14.0 Å². The van der Waals surface area contributed by atoms with Gasteiger partial charge in [0.15, 0.2) is 0 Å². The van der Waals surface area contributed by atoms with Gasteiger partial charge < -0.3 is 19.0 Å². The van der Waals surface area contributed by atoms with Gasteiger partial charge in [0.2, 0.25) is 5.82 Å². The Labute approximate surface area is 154 Å². The normalized spacial score (nSPS) is 11.1. The second-order valence-corrected chi connectivity index (χ2v) is 5.90. The summed E-state index contributed by atoms with van der Waals surface area (Å²) in [6.07, 6.45) is 0. The van der Waals surface area contributed by atoms with Crippen LogP contribution >= 0.6 is 0 Å². The van der Waals surface area contributed by atoms with Gasteiger partial charge in [0.05, 0.1) is 30.8 Å². The van der Waals surface area contributed by atoms with Crippen molar-refractivity contribution in [2.24, 2.45) is 0 Å². The summed E-state index contributed by atoms with van der Waals surface area (Å²) in [4.78, 5) is 19.3. The fourth-order valence-electron chi connectivity index (χ4n) is 3.04. The zero-order valence-corrected chi connectivity index (χ0v) is 15.1. The van der Waals surface area contributed by atoms with Crippen LogP contribution in [0.5, 0.6) is 11.5 Å². The van der Waals surface area contributed by atoms with Crippen LogP contribution in [0.15, 0.2) is 45.7 Å². The lowest BCUT2D eigenvalue weighted by atomic mass is 10.1. The number of ether oxygens (including phenoxy) is 2. The molecule has 0 atom stereocenters. The number of aromatic nitrogens is 4. The van der Waals surface area contributed by atoms with Gasteiger partial charge in [-0.15, -0.1) is 0 Å². The first-order valence-electron chi connectivity index (χ1n) is 8.43. The van der Waals surface area contributed by atoms with Crippen molar-refractivity contribution >= 4 is 11.0 Å². The van der Waals surface area contributed by atoms with E-state index in [1.165, 1.54) is 0 Å². The van der Waals surface area contributed by atoms with Gasteiger partial charge in [0.1, 0.15) is 11.5 Å². The highest BCUT2D eigenvalue weighted by atomic mass is 16.5. The number of hydrogen-bond acceptors (Lipinski definition) is 6. The van der Waals surface area contributed by atoms with Gasteiger partial charge in [-0.25, -0.2) is 4.79 Å². The largest absolute Gasteiger partial charge is 0.497 e. The first-order chi connectivity index (χ1) is 13.1. The van der Waals surface area contributed by atoms with Crippen molar-refractivity contribution in [3.8, 4) is 34.3 Å². The number of benzene rings is 2. The fraction of sp³-hybridized carbons (Fsp3) is 0.211. The van der Waals surface area contributed by atoms with Crippen LogP contribution in [0.3, 0.4) is 0 Å². The van der Waals surface area contributed by atoms with Crippen molar-refractivity contribution in [2.75, 3.05) is 14.2 Å². The van der Waals surface area contributed by atoms with Gasteiger partial charge in [0.25, 0.3) is 5.89 Å². The van der Waals surface area contributed by atoms with Crippen molar-refractivity contribution in [3.05, 3.63) is 46.9 Å². The van der Waals surface area contributed by atoms with E-state index >= 15 is 0 Å². The monoisotopic (exact) mass is 366 g/mol. The molecule has 1 N–H and O–H groups in total. The van der Waals surface area contributed by atoms with Gasteiger partial charge in [-0.05, 0) is 37.3 Å². The molecule has 2 aromatic heterocycles. The van der Waals surface area contributed by atoms with Gasteiger partial charge in [0, 0.05) is 18.2 Å². The minimum absolute atomic E-state index is 0.138. The lowest BCUT2D eigenvalue weighted by molar-refractivity contribution is 0.391. The Hall–Kier alpha value is -3.55. The molecule has 27 heavy (non-hydrogen) atoms. The predicted octanol–water partition coefficient (Wildman–Crippen LogP) is 3.08. The minimum Gasteiger partial charge on any atom is -0.497 e. The maximum atomic E-state index is 12.0. The summed E-state index contributed by atoms with van der Waals surface area (Å²) in [6, 6.07) is 10.9. The second kappa shape index (κ2) is 6.64. The highest BCUT2D eigenvalue weighted by molar-refractivity contribution is 5.81. The zero-order chi connectivity index (χ0) is 19.0. The van der Waals surface area contributed by atoms with Gasteiger partial charge >= 0.3 is 5.69 Å². The number of aryl methyl sites for hydroxylation is 1. The first-order valence-corrected chi connectivity index (χ1v) is 8.43. The molecule has 0 aliphatic carbocycles. The number of hydrogen-bond donors (Lipinski definition) is 1. The maximum absolute atomic E-state index is 12.0. The molecule has 8 nitrogen and oxygen atoms in total. The lowest BCUT2D eigenvalue weighted by Crippen LogP contribution is -2.14. The Kier molecular flexibility index (Phi) is 4.15. The summed E-state index contributed by atoms with van der Waals surface area (Å²) < 4.78 is 17.7. The molecule has 4 rings (SSSR count). The maximum Gasteiger partial charge on any atom is 0.326 e. The van der Waals surface area contributed by atoms with Gasteiger partial charge in [-0.3, -0.25) is 4.57 Å². The molecule has 0 aliphatic heterocycles. The van der Waals surface area contributed by atoms with E-state index in [1.807, 2.05) is 25.1 Å². The van der Waals surface area contributed by atoms with E-state index in [9.17, 15) is 4.79 Å². The molecule has 0 radical (unpaired) electrons. The molecule has 0 aliphatic rings. The van der Waals surface area contributed by atoms with E-state index in [1.54, 1.807) is 37.0 Å². The summed E-state index contributed by atoms with van der Waals surface area (Å²) in [5.41, 5.74) is 2.85. The van der Waals surface area contributed by atoms with E-state index in [2.05, 4.69) is 15.1 Å². The molecular formula is C19H18N4O4. The molecule has 0 amide bonds. The number of rotatable bonds is 5. The number of imidazole rings is 1. The quantitative estimate of drug-likeness (QED) is 0.583. The molecule has 0 spiro atoms. The van der Waals surface area contributed by atoms with Crippen LogP contribution in [0.1, 0.15) is 6.92 Å². The van der Waals surface area contributed by atoms with E-state index in [0.717, 1.165) is 16.6 Å². The van der Waals surface area contributed by atoms with E-state index in [-0.39, 0.29) is 5.69 Å². The fourth-order valence-corrected chi connectivity index (χ4v) is 3.04. The molecule has 2 aromatic carbocycles. The number of nitrogens with one attached hydrogen (secondary N) is 1. The molecule has 2 heterocycles. The topological polar surface area (TPSA) is 95.2 Å². The molecule has 0 fully saturated rings. The smallest absolute Gasteiger partial charge is 0.326 e. The SMILES string of the molecule is CCn1c(=O)[nH]c2cc(-c3noc(-c4ccc(OC)cc4OC)n3)ccc21. The van der Waals surface area contributed by atoms with Crippen LogP contribution in [0.25, 0.3) is 33.9 Å². The number of methoxy groups -OCH3 is 2. The Morgan fingerprint density at radius 3 is 2.74 bits per heavy atom. The summed E-state index contributed by atoms with van der Waals surface area (Å²) >= 11 is 0. The molecule has 4 aromatic rings. The summed E-state index contributed by atoms with van der Waals surface area (Å²) in [5.74, 6) is 2.01. The van der Waals surface area contributed by atoms with Crippen molar-refractivity contribution in [2.45, 2.75) is 13.5 Å². The predicted molar refractivity (Wildman–Crippen MR) is 100 cm³/mol. The molecule has 0 saturated heterocycles. The molecular weight excluding hydrogens is 348 g/mol. The Morgan fingerprint density at radius 2 is 2.00 bits per heavy atom. The summed E-state index contributed by atoms with van der Waals surface area (Å²) in [7, 11) is 3.16. The number of fused-ring (bicyclic) bond motifs is 1. The first kappa shape index (κ1) is 16.9. The van der Waals surface area contributed by atoms with Crippen LogP contribution in [0.4, 0.5) is 0 Å². The third-order valence-corrected chi connectivity index (χ3v) is 4.41. The number of nitrogens with zero attached hydrogens (tertiary/aromatic N) is 3. The van der Waals surface area contributed by atoms with Crippen molar-refractivity contribution in [1.82, 2.24) is 19.7 Å². The van der Waals surface area contributed by atoms with Crippen LogP contribution in [0.2, 0.25) is 0 Å². The molecule has 8 heteroatoms. The Morgan fingerprint density at radius 1 is 1.15 bits per heavy atom. The number of aromatic amines is 1. The Bertz CT molecular complexity index is 1170. The molecule has 0 saturated carbocycles. The van der Waals surface area contributed by atoms with E-state index in [0.29, 0.717) is 35.3 Å². The summed E-state index contributed by atoms with van der Waals surface area (Å²) in [6.45, 7) is 2.53. The third-order valence-electron chi connectivity index (χ3n) is 4.41. The minimum atomic E-state index is -0.138. The van der Waals surface area contributed by atoms with Gasteiger partial charge in [-0.1, -0.05) is 5.16 Å². The lowest BCUT2D eigenvalue weighted by Gasteiger charge is -2.06. The van der Waals surface area contributed by atoms with Gasteiger partial charge in [-0.2, -0.15) is 4.98 Å². The van der Waals surface area contributed by atoms with Crippen LogP contribution in [-0.4, -0.2) is 33.9 Å². The van der Waals surface area contributed by atoms with Crippen LogP contribution < -0.4 is 15.2 Å². The molecule has 138 valence electrons. The average Bonchev–Trinajstić information content (AvgIpc) is 3.30.